The molecule has 1 atom stereocenters. The van der Waals surface area contributed by atoms with Crippen molar-refractivity contribution < 1.29 is 35.9 Å². The van der Waals surface area contributed by atoms with Gasteiger partial charge in [-0.05, 0) is 75.4 Å². The number of halogens is 4. The van der Waals surface area contributed by atoms with Gasteiger partial charge >= 0.3 is 12.1 Å². The Hall–Kier alpha value is -2.11. The number of rotatable bonds is 6. The molecule has 192 valence electrons. The summed E-state index contributed by atoms with van der Waals surface area (Å²) in [5.74, 6) is -0.0806. The number of nitrogens with zero attached hydrogens (tertiary/aromatic N) is 1. The van der Waals surface area contributed by atoms with Crippen LogP contribution in [0, 0.1) is 0 Å². The molecule has 0 bridgehead atoms. The summed E-state index contributed by atoms with van der Waals surface area (Å²) in [5, 5.41) is 0. The summed E-state index contributed by atoms with van der Waals surface area (Å²) in [4.78, 5) is 11.6. The number of sulfonamides is 1. The largest absolute Gasteiger partial charge is 0.482 e. The number of esters is 1. The third-order valence-corrected chi connectivity index (χ3v) is 7.81. The van der Waals surface area contributed by atoms with Crippen molar-refractivity contribution in [3.8, 4) is 5.75 Å². The zero-order chi connectivity index (χ0) is 26.2. The van der Waals surface area contributed by atoms with Gasteiger partial charge in [-0.2, -0.15) is 17.5 Å². The van der Waals surface area contributed by atoms with Crippen LogP contribution in [0.15, 0.2) is 45.8 Å². The van der Waals surface area contributed by atoms with Crippen molar-refractivity contribution in [3.63, 3.8) is 0 Å². The Labute approximate surface area is 211 Å². The number of carbonyl (C=O) groups excluding carboxylic acids is 1. The normalized spacial score (nSPS) is 16.7. The van der Waals surface area contributed by atoms with E-state index in [-0.39, 0.29) is 11.1 Å². The van der Waals surface area contributed by atoms with Gasteiger partial charge in [0.2, 0.25) is 10.0 Å². The molecule has 1 unspecified atom stereocenters. The van der Waals surface area contributed by atoms with Crippen LogP contribution in [0.1, 0.15) is 56.3 Å². The molecule has 0 amide bonds. The van der Waals surface area contributed by atoms with Crippen molar-refractivity contribution >= 4 is 31.9 Å². The minimum absolute atomic E-state index is 0.0150. The van der Waals surface area contributed by atoms with Gasteiger partial charge in [0, 0.05) is 11.5 Å². The van der Waals surface area contributed by atoms with Gasteiger partial charge in [0.05, 0.1) is 16.5 Å². The minimum Gasteiger partial charge on any atom is -0.482 e. The maximum Gasteiger partial charge on any atom is 0.416 e. The van der Waals surface area contributed by atoms with E-state index in [1.54, 1.807) is 39.0 Å². The first kappa shape index (κ1) is 27.5. The number of fused-ring (bicyclic) bond motifs is 1. The summed E-state index contributed by atoms with van der Waals surface area (Å²) < 4.78 is 78.6. The van der Waals surface area contributed by atoms with Gasteiger partial charge in [0.15, 0.2) is 6.61 Å². The Balaban J connectivity index is 1.90. The summed E-state index contributed by atoms with van der Waals surface area (Å²) in [6.45, 7) is 4.95. The lowest BCUT2D eigenvalue weighted by atomic mass is 9.87. The first-order valence-electron chi connectivity index (χ1n) is 10.9. The van der Waals surface area contributed by atoms with Gasteiger partial charge in [-0.25, -0.2) is 13.2 Å². The van der Waals surface area contributed by atoms with Crippen LogP contribution >= 0.6 is 15.9 Å². The second-order valence-electron chi connectivity index (χ2n) is 9.30. The molecule has 2 aromatic carbocycles. The third-order valence-electron chi connectivity index (χ3n) is 5.51. The number of benzene rings is 2. The van der Waals surface area contributed by atoms with Crippen molar-refractivity contribution in [2.45, 2.75) is 62.7 Å². The van der Waals surface area contributed by atoms with Gasteiger partial charge < -0.3 is 9.47 Å². The Bertz CT molecular complexity index is 1210. The second kappa shape index (κ2) is 10.1. The molecule has 1 aliphatic carbocycles. The molecular weight excluding hydrogens is 551 g/mol. The topological polar surface area (TPSA) is 72.9 Å². The van der Waals surface area contributed by atoms with Gasteiger partial charge in [-0.15, -0.1) is 0 Å². The van der Waals surface area contributed by atoms with Crippen molar-refractivity contribution in [3.05, 3.63) is 57.6 Å². The molecule has 0 N–H and O–H groups in total. The number of ether oxygens (including phenoxy) is 2. The number of hydrogen-bond donors (Lipinski definition) is 0. The molecule has 0 radical (unpaired) electrons. The molecule has 0 fully saturated rings. The van der Waals surface area contributed by atoms with Crippen LogP contribution in [-0.2, 0) is 32.2 Å². The van der Waals surface area contributed by atoms with Gasteiger partial charge in [-0.1, -0.05) is 28.1 Å². The number of alkyl halides is 3. The summed E-state index contributed by atoms with van der Waals surface area (Å²) in [7, 11) is -2.90. The molecule has 2 aromatic rings. The summed E-state index contributed by atoms with van der Waals surface area (Å²) >= 11 is 2.99. The lowest BCUT2D eigenvalue weighted by molar-refractivity contribution is -0.157. The predicted octanol–water partition coefficient (Wildman–Crippen LogP) is 5.89. The molecule has 1 aliphatic rings. The van der Waals surface area contributed by atoms with E-state index in [1.807, 2.05) is 0 Å². The van der Waals surface area contributed by atoms with E-state index in [9.17, 15) is 26.4 Å². The van der Waals surface area contributed by atoms with Crippen LogP contribution in [0.2, 0.25) is 0 Å². The molecule has 35 heavy (non-hydrogen) atoms. The Kier molecular flexibility index (Phi) is 7.93. The fourth-order valence-corrected chi connectivity index (χ4v) is 6.10. The van der Waals surface area contributed by atoms with Gasteiger partial charge in [0.25, 0.3) is 0 Å². The summed E-state index contributed by atoms with van der Waals surface area (Å²) in [6, 6.07) is 7.19. The van der Waals surface area contributed by atoms with E-state index in [1.165, 1.54) is 7.05 Å². The number of carbonyl (C=O) groups is 1. The smallest absolute Gasteiger partial charge is 0.416 e. The lowest BCUT2D eigenvalue weighted by Crippen LogP contribution is -2.34. The Morgan fingerprint density at radius 3 is 2.49 bits per heavy atom. The van der Waals surface area contributed by atoms with Gasteiger partial charge in [-0.3, -0.25) is 0 Å². The van der Waals surface area contributed by atoms with E-state index in [4.69, 9.17) is 9.47 Å². The highest BCUT2D eigenvalue weighted by atomic mass is 79.9. The first-order valence-corrected chi connectivity index (χ1v) is 13.1. The maximum absolute atomic E-state index is 13.4. The standard InChI is InChI=1S/C24H27BrF3NO5S/c1-23(2,3)34-22(30)14-33-21-10-6-7-18-19(21)8-5-9-20(18)29(4)35(31,32)17-12-15(24(26,27)28)11-16(25)13-17/h6-7,10-13,20H,5,8-9,14H2,1-4H3. The Morgan fingerprint density at radius 1 is 1.17 bits per heavy atom. The van der Waals surface area contributed by atoms with Crippen molar-refractivity contribution in [2.24, 2.45) is 0 Å². The average molecular weight is 578 g/mol. The zero-order valence-electron chi connectivity index (χ0n) is 19.8. The molecule has 0 saturated carbocycles. The van der Waals surface area contributed by atoms with E-state index < -0.39 is 44.3 Å². The van der Waals surface area contributed by atoms with Crippen LogP contribution in [0.4, 0.5) is 13.2 Å². The number of hydrogen-bond acceptors (Lipinski definition) is 5. The zero-order valence-corrected chi connectivity index (χ0v) is 22.2. The van der Waals surface area contributed by atoms with Crippen LogP contribution < -0.4 is 4.74 Å². The molecule has 0 aliphatic heterocycles. The quantitative estimate of drug-likeness (QED) is 0.400. The van der Waals surface area contributed by atoms with E-state index in [0.717, 1.165) is 22.0 Å². The monoisotopic (exact) mass is 577 g/mol. The average Bonchev–Trinajstić information content (AvgIpc) is 2.74. The molecule has 0 spiro atoms. The van der Waals surface area contributed by atoms with Crippen molar-refractivity contribution in [1.82, 2.24) is 4.31 Å². The molecule has 0 heterocycles. The fraction of sp³-hybridized carbons (Fsp3) is 0.458. The first-order chi connectivity index (χ1) is 16.1. The molecule has 0 aromatic heterocycles. The van der Waals surface area contributed by atoms with Gasteiger partial charge in [0.1, 0.15) is 11.4 Å². The Morgan fingerprint density at radius 2 is 1.86 bits per heavy atom. The summed E-state index contributed by atoms with van der Waals surface area (Å²) in [5.41, 5.74) is -0.257. The lowest BCUT2D eigenvalue weighted by Gasteiger charge is -2.33. The van der Waals surface area contributed by atoms with Crippen molar-refractivity contribution in [1.29, 1.82) is 0 Å². The highest BCUT2D eigenvalue weighted by Crippen LogP contribution is 2.41. The van der Waals surface area contributed by atoms with Crippen LogP contribution in [0.3, 0.4) is 0 Å². The molecule has 3 rings (SSSR count). The predicted molar refractivity (Wildman–Crippen MR) is 128 cm³/mol. The molecule has 0 saturated heterocycles. The third kappa shape index (κ3) is 6.56. The molecule has 6 nitrogen and oxygen atoms in total. The maximum atomic E-state index is 13.4. The van der Waals surface area contributed by atoms with E-state index in [0.29, 0.717) is 36.6 Å². The fourth-order valence-electron chi connectivity index (χ4n) is 4.02. The van der Waals surface area contributed by atoms with E-state index in [2.05, 4.69) is 15.9 Å². The summed E-state index contributed by atoms with van der Waals surface area (Å²) in [6.07, 6.45) is -2.96. The van der Waals surface area contributed by atoms with Crippen LogP contribution in [0.5, 0.6) is 5.75 Å². The van der Waals surface area contributed by atoms with Crippen LogP contribution in [0.25, 0.3) is 0 Å². The van der Waals surface area contributed by atoms with Crippen LogP contribution in [-0.4, -0.2) is 37.9 Å². The minimum atomic E-state index is -4.69. The molecule has 11 heteroatoms. The molecular formula is C24H27BrF3NO5S. The van der Waals surface area contributed by atoms with E-state index >= 15 is 0 Å². The highest BCUT2D eigenvalue weighted by molar-refractivity contribution is 9.10. The second-order valence-corrected chi connectivity index (χ2v) is 12.2. The highest BCUT2D eigenvalue weighted by Gasteiger charge is 2.36. The SMILES string of the molecule is CN(C1CCCc2c(OCC(=O)OC(C)(C)C)cccc21)S(=O)(=O)c1cc(Br)cc(C(F)(F)F)c1. The van der Waals surface area contributed by atoms with Crippen molar-refractivity contribution in [2.75, 3.05) is 13.7 Å².